The van der Waals surface area contributed by atoms with Crippen LogP contribution in [0.3, 0.4) is 0 Å². The largest absolute Gasteiger partial charge is 0.488 e. The maximum Gasteiger partial charge on any atom is 0.329 e. The molecule has 1 unspecified atom stereocenters. The highest BCUT2D eigenvalue weighted by molar-refractivity contribution is 5.80. The number of rotatable bonds is 8. The minimum Gasteiger partial charge on any atom is -0.488 e. The van der Waals surface area contributed by atoms with Gasteiger partial charge in [0.05, 0.1) is 6.61 Å². The fraction of sp³-hybridized carbons (Fsp3) is 0.562. The Hall–Kier alpha value is -1.62. The topological polar surface area (TPSA) is 47.6 Å². The van der Waals surface area contributed by atoms with Crippen LogP contribution in [0.2, 0.25) is 0 Å². The lowest BCUT2D eigenvalue weighted by Gasteiger charge is -2.28. The number of halogens is 1. The highest BCUT2D eigenvalue weighted by Crippen LogP contribution is 2.20. The van der Waals surface area contributed by atoms with Crippen LogP contribution in [-0.4, -0.2) is 31.3 Å². The van der Waals surface area contributed by atoms with E-state index in [-0.39, 0.29) is 12.4 Å². The van der Waals surface area contributed by atoms with Crippen LogP contribution in [0.15, 0.2) is 18.2 Å². The first-order chi connectivity index (χ1) is 9.92. The lowest BCUT2D eigenvalue weighted by atomic mass is 10.0. The Morgan fingerprint density at radius 2 is 2.10 bits per heavy atom. The molecule has 0 aliphatic heterocycles. The van der Waals surface area contributed by atoms with Gasteiger partial charge in [-0.15, -0.1) is 0 Å². The SMILES string of the molecule is CCCNC(C)(COc1cc(C)ccc1F)C(=O)OCC. The van der Waals surface area contributed by atoms with Crippen molar-refractivity contribution in [1.82, 2.24) is 5.32 Å². The summed E-state index contributed by atoms with van der Waals surface area (Å²) in [4.78, 5) is 12.1. The van der Waals surface area contributed by atoms with E-state index < -0.39 is 17.3 Å². The van der Waals surface area contributed by atoms with Gasteiger partial charge in [-0.25, -0.2) is 9.18 Å². The van der Waals surface area contributed by atoms with E-state index >= 15 is 0 Å². The molecule has 1 aromatic carbocycles. The summed E-state index contributed by atoms with van der Waals surface area (Å²) in [6, 6.07) is 4.63. The van der Waals surface area contributed by atoms with Crippen molar-refractivity contribution >= 4 is 5.97 Å². The van der Waals surface area contributed by atoms with Gasteiger partial charge >= 0.3 is 5.97 Å². The molecule has 1 rings (SSSR count). The van der Waals surface area contributed by atoms with Crippen molar-refractivity contribution in [3.05, 3.63) is 29.6 Å². The van der Waals surface area contributed by atoms with Gasteiger partial charge in [0.2, 0.25) is 0 Å². The predicted octanol–water partition coefficient (Wildman–Crippen LogP) is 2.83. The lowest BCUT2D eigenvalue weighted by Crippen LogP contribution is -2.55. The van der Waals surface area contributed by atoms with Gasteiger partial charge in [-0.05, 0) is 51.4 Å². The minimum absolute atomic E-state index is 0.00616. The molecular weight excluding hydrogens is 273 g/mol. The normalized spacial score (nSPS) is 13.6. The molecule has 4 nitrogen and oxygen atoms in total. The summed E-state index contributed by atoms with van der Waals surface area (Å²) in [5, 5.41) is 3.11. The third kappa shape index (κ3) is 5.01. The first kappa shape index (κ1) is 17.4. The molecule has 1 atom stereocenters. The molecule has 1 N–H and O–H groups in total. The van der Waals surface area contributed by atoms with Crippen LogP contribution in [0.5, 0.6) is 5.75 Å². The Labute approximate surface area is 125 Å². The van der Waals surface area contributed by atoms with E-state index in [1.807, 2.05) is 13.8 Å². The van der Waals surface area contributed by atoms with Crippen LogP contribution in [0, 0.1) is 12.7 Å². The molecule has 0 fully saturated rings. The zero-order chi connectivity index (χ0) is 15.9. The van der Waals surface area contributed by atoms with Gasteiger partial charge in [-0.2, -0.15) is 0 Å². The molecule has 1 aromatic rings. The summed E-state index contributed by atoms with van der Waals surface area (Å²) in [5.41, 5.74) is -0.104. The number of nitrogens with one attached hydrogen (secondary N) is 1. The number of carbonyl (C=O) groups is 1. The van der Waals surface area contributed by atoms with Gasteiger partial charge in [0, 0.05) is 0 Å². The summed E-state index contributed by atoms with van der Waals surface area (Å²) in [5.74, 6) is -0.697. The molecule has 0 heterocycles. The van der Waals surface area contributed by atoms with E-state index in [9.17, 15) is 9.18 Å². The Kier molecular flexibility index (Phi) is 6.62. The number of carbonyl (C=O) groups excluding carboxylic acids is 1. The molecule has 0 aliphatic carbocycles. The maximum absolute atomic E-state index is 13.7. The molecule has 0 amide bonds. The molecule has 0 aliphatic rings. The number of hydrogen-bond acceptors (Lipinski definition) is 4. The Balaban J connectivity index is 2.81. The molecule has 0 bridgehead atoms. The van der Waals surface area contributed by atoms with Crippen LogP contribution < -0.4 is 10.1 Å². The number of ether oxygens (including phenoxy) is 2. The summed E-state index contributed by atoms with van der Waals surface area (Å²) in [7, 11) is 0. The Bertz CT molecular complexity index is 479. The average molecular weight is 297 g/mol. The van der Waals surface area contributed by atoms with Crippen molar-refractivity contribution in [3.63, 3.8) is 0 Å². The summed E-state index contributed by atoms with van der Waals surface area (Å²) >= 11 is 0. The number of aryl methyl sites for hydroxylation is 1. The molecule has 0 spiro atoms. The number of hydrogen-bond donors (Lipinski definition) is 1. The standard InChI is InChI=1S/C16H24FNO3/c1-5-9-18-16(4,15(19)20-6-2)11-21-14-10-12(3)7-8-13(14)17/h7-8,10,18H,5-6,9,11H2,1-4H3. The third-order valence-electron chi connectivity index (χ3n) is 3.09. The van der Waals surface area contributed by atoms with Crippen molar-refractivity contribution < 1.29 is 18.7 Å². The monoisotopic (exact) mass is 297 g/mol. The molecule has 0 radical (unpaired) electrons. The van der Waals surface area contributed by atoms with Gasteiger partial charge < -0.3 is 9.47 Å². The van der Waals surface area contributed by atoms with Crippen LogP contribution in [0.4, 0.5) is 4.39 Å². The van der Waals surface area contributed by atoms with Crippen molar-refractivity contribution in [2.45, 2.75) is 39.7 Å². The zero-order valence-corrected chi connectivity index (χ0v) is 13.2. The van der Waals surface area contributed by atoms with E-state index in [1.54, 1.807) is 26.0 Å². The van der Waals surface area contributed by atoms with Crippen LogP contribution in [-0.2, 0) is 9.53 Å². The minimum atomic E-state index is -0.998. The lowest BCUT2D eigenvalue weighted by molar-refractivity contribution is -0.151. The second-order valence-electron chi connectivity index (χ2n) is 5.20. The van der Waals surface area contributed by atoms with Crippen molar-refractivity contribution in [2.24, 2.45) is 0 Å². The van der Waals surface area contributed by atoms with Gasteiger partial charge in [-0.1, -0.05) is 13.0 Å². The van der Waals surface area contributed by atoms with Crippen molar-refractivity contribution in [1.29, 1.82) is 0 Å². The molecule has 0 saturated heterocycles. The highest BCUT2D eigenvalue weighted by Gasteiger charge is 2.35. The fourth-order valence-electron chi connectivity index (χ4n) is 1.82. The first-order valence-corrected chi connectivity index (χ1v) is 7.24. The van der Waals surface area contributed by atoms with Crippen LogP contribution in [0.1, 0.15) is 32.8 Å². The van der Waals surface area contributed by atoms with E-state index in [2.05, 4.69) is 5.32 Å². The molecule has 0 saturated carbocycles. The van der Waals surface area contributed by atoms with Crippen LogP contribution in [0.25, 0.3) is 0 Å². The van der Waals surface area contributed by atoms with E-state index in [0.29, 0.717) is 13.2 Å². The molecular formula is C16H24FNO3. The molecule has 5 heteroatoms. The smallest absolute Gasteiger partial charge is 0.329 e. The average Bonchev–Trinajstić information content (AvgIpc) is 2.46. The fourth-order valence-corrected chi connectivity index (χ4v) is 1.82. The second-order valence-corrected chi connectivity index (χ2v) is 5.20. The summed E-state index contributed by atoms with van der Waals surface area (Å²) in [6.45, 7) is 8.25. The number of benzene rings is 1. The van der Waals surface area contributed by atoms with Gasteiger partial charge in [0.25, 0.3) is 0 Å². The van der Waals surface area contributed by atoms with E-state index in [4.69, 9.17) is 9.47 Å². The van der Waals surface area contributed by atoms with E-state index in [0.717, 1.165) is 12.0 Å². The van der Waals surface area contributed by atoms with Gasteiger partial charge in [0.15, 0.2) is 11.6 Å². The number of esters is 1. The van der Waals surface area contributed by atoms with Crippen LogP contribution >= 0.6 is 0 Å². The highest BCUT2D eigenvalue weighted by atomic mass is 19.1. The van der Waals surface area contributed by atoms with Gasteiger partial charge in [-0.3, -0.25) is 5.32 Å². The maximum atomic E-state index is 13.7. The predicted molar refractivity (Wildman–Crippen MR) is 80.0 cm³/mol. The van der Waals surface area contributed by atoms with Gasteiger partial charge in [0.1, 0.15) is 12.1 Å². The zero-order valence-electron chi connectivity index (χ0n) is 13.2. The summed E-state index contributed by atoms with van der Waals surface area (Å²) in [6.07, 6.45) is 0.869. The Morgan fingerprint density at radius 3 is 2.71 bits per heavy atom. The van der Waals surface area contributed by atoms with E-state index in [1.165, 1.54) is 6.07 Å². The molecule has 118 valence electrons. The summed E-state index contributed by atoms with van der Waals surface area (Å²) < 4.78 is 24.3. The molecule has 21 heavy (non-hydrogen) atoms. The molecule has 0 aromatic heterocycles. The Morgan fingerprint density at radius 1 is 1.38 bits per heavy atom. The third-order valence-corrected chi connectivity index (χ3v) is 3.09. The second kappa shape index (κ2) is 7.98. The quantitative estimate of drug-likeness (QED) is 0.750. The first-order valence-electron chi connectivity index (χ1n) is 7.24. The van der Waals surface area contributed by atoms with Crippen molar-refractivity contribution in [2.75, 3.05) is 19.8 Å². The van der Waals surface area contributed by atoms with Crippen molar-refractivity contribution in [3.8, 4) is 5.75 Å².